The zero-order valence-electron chi connectivity index (χ0n) is 13.7. The minimum absolute atomic E-state index is 0. The summed E-state index contributed by atoms with van der Waals surface area (Å²) in [7, 11) is 0. The Kier molecular flexibility index (Phi) is 10.9. The van der Waals surface area contributed by atoms with Crippen molar-refractivity contribution in [1.82, 2.24) is 5.48 Å². The summed E-state index contributed by atoms with van der Waals surface area (Å²) in [6.45, 7) is 0. The largest absolute Gasteiger partial charge is 1.00 e. The van der Waals surface area contributed by atoms with Crippen molar-refractivity contribution in [3.05, 3.63) is 71.3 Å². The summed E-state index contributed by atoms with van der Waals surface area (Å²) in [5, 5.41) is 22.1. The number of nitrogens with one attached hydrogen (secondary N) is 1. The van der Waals surface area contributed by atoms with E-state index in [0.29, 0.717) is 0 Å². The van der Waals surface area contributed by atoms with Crippen LogP contribution in [0, 0.1) is 0 Å². The van der Waals surface area contributed by atoms with E-state index in [1.54, 1.807) is 18.2 Å². The van der Waals surface area contributed by atoms with E-state index in [-0.39, 0.29) is 75.8 Å². The van der Waals surface area contributed by atoms with Crippen molar-refractivity contribution in [3.63, 3.8) is 0 Å². The molecule has 0 aromatic heterocycles. The molecule has 0 aliphatic rings. The number of benzene rings is 2. The Morgan fingerprint density at radius 2 is 1.36 bits per heavy atom. The molecule has 0 radical (unpaired) electrons. The molecular weight excluding hydrogens is 348 g/mol. The number of aliphatic carboxylic acids is 1. The van der Waals surface area contributed by atoms with Gasteiger partial charge in [-0.2, -0.15) is 0 Å². The van der Waals surface area contributed by atoms with Crippen LogP contribution in [0.4, 0.5) is 0 Å². The summed E-state index contributed by atoms with van der Waals surface area (Å²) in [6, 6.07) is 13.2. The zero-order valence-corrected chi connectivity index (χ0v) is 17.7. The van der Waals surface area contributed by atoms with Crippen LogP contribution in [0.3, 0.4) is 0 Å². The van der Waals surface area contributed by atoms with Gasteiger partial charge in [-0.25, -0.2) is 5.48 Å². The molecule has 0 saturated carbocycles. The van der Waals surface area contributed by atoms with Gasteiger partial charge in [-0.15, -0.1) is 0 Å². The molecule has 0 saturated heterocycles. The standard InChI is InChI=1S/C16H13NO6.2Na/c18-14(11-8-4-5-9-12(11)15(19)20)17-23-13(16(21)22)10-6-2-1-3-7-10;;/h1-9,13H,(H,17,18)(H,19,20)(H,21,22);;/q;2*+1/p-2. The third kappa shape index (κ3) is 6.56. The van der Waals surface area contributed by atoms with Crippen LogP contribution >= 0.6 is 0 Å². The predicted octanol–water partition coefficient (Wildman–Crippen LogP) is -6.79. The molecule has 9 heteroatoms. The summed E-state index contributed by atoms with van der Waals surface area (Å²) in [5.74, 6) is -3.99. The minimum atomic E-state index is -1.55. The van der Waals surface area contributed by atoms with E-state index in [2.05, 4.69) is 0 Å². The van der Waals surface area contributed by atoms with Gasteiger partial charge in [0.05, 0.1) is 17.5 Å². The van der Waals surface area contributed by atoms with Gasteiger partial charge in [0.2, 0.25) is 0 Å². The first-order chi connectivity index (χ1) is 11.0. The topological polar surface area (TPSA) is 119 Å². The second kappa shape index (κ2) is 11.4. The number of hydrogen-bond acceptors (Lipinski definition) is 6. The minimum Gasteiger partial charge on any atom is -0.547 e. The normalized spacial score (nSPS) is 10.6. The first-order valence-electron chi connectivity index (χ1n) is 6.53. The summed E-state index contributed by atoms with van der Waals surface area (Å²) in [5.41, 5.74) is 1.64. The molecule has 2 rings (SSSR count). The number of aromatic carboxylic acids is 1. The van der Waals surface area contributed by atoms with Gasteiger partial charge in [0.25, 0.3) is 5.91 Å². The first kappa shape index (κ1) is 23.8. The van der Waals surface area contributed by atoms with E-state index >= 15 is 0 Å². The number of amides is 1. The van der Waals surface area contributed by atoms with Crippen molar-refractivity contribution in [2.24, 2.45) is 0 Å². The van der Waals surface area contributed by atoms with Crippen LogP contribution in [0.1, 0.15) is 32.4 Å². The molecule has 0 bridgehead atoms. The molecule has 0 fully saturated rings. The van der Waals surface area contributed by atoms with Gasteiger partial charge in [-0.3, -0.25) is 9.63 Å². The molecule has 1 unspecified atom stereocenters. The molecule has 1 N–H and O–H groups in total. The molecule has 7 nitrogen and oxygen atoms in total. The maximum absolute atomic E-state index is 12.0. The van der Waals surface area contributed by atoms with Crippen molar-refractivity contribution in [2.75, 3.05) is 0 Å². The molecule has 118 valence electrons. The van der Waals surface area contributed by atoms with E-state index in [1.807, 2.05) is 5.48 Å². The molecule has 0 heterocycles. The van der Waals surface area contributed by atoms with E-state index in [1.165, 1.54) is 36.4 Å². The van der Waals surface area contributed by atoms with E-state index in [0.717, 1.165) is 0 Å². The monoisotopic (exact) mass is 359 g/mol. The number of carboxylic acid groups (broad SMARTS) is 2. The van der Waals surface area contributed by atoms with Crippen LogP contribution < -0.4 is 74.8 Å². The zero-order chi connectivity index (χ0) is 16.8. The molecule has 0 aliphatic carbocycles. The average molecular weight is 359 g/mol. The number of rotatable bonds is 6. The van der Waals surface area contributed by atoms with Crippen molar-refractivity contribution in [3.8, 4) is 0 Å². The van der Waals surface area contributed by atoms with Gasteiger partial charge in [0.15, 0.2) is 0 Å². The molecule has 1 atom stereocenters. The van der Waals surface area contributed by atoms with Crippen molar-refractivity contribution >= 4 is 17.8 Å². The fourth-order valence-corrected chi connectivity index (χ4v) is 1.91. The molecule has 0 spiro atoms. The summed E-state index contributed by atoms with van der Waals surface area (Å²) in [4.78, 5) is 38.9. The Balaban J connectivity index is 0.00000288. The van der Waals surface area contributed by atoms with Crippen LogP contribution in [-0.4, -0.2) is 17.8 Å². The predicted molar refractivity (Wildman–Crippen MR) is 73.5 cm³/mol. The Morgan fingerprint density at radius 1 is 0.840 bits per heavy atom. The van der Waals surface area contributed by atoms with Crippen molar-refractivity contribution in [2.45, 2.75) is 6.10 Å². The Labute approximate surface area is 187 Å². The van der Waals surface area contributed by atoms with Crippen molar-refractivity contribution in [1.29, 1.82) is 0 Å². The molecule has 0 aliphatic heterocycles. The average Bonchev–Trinajstić information content (AvgIpc) is 2.55. The Morgan fingerprint density at radius 3 is 1.88 bits per heavy atom. The van der Waals surface area contributed by atoms with Crippen LogP contribution in [0.5, 0.6) is 0 Å². The molecular formula is C16H11NNa2O6. The van der Waals surface area contributed by atoms with Gasteiger partial charge in [0.1, 0.15) is 6.10 Å². The van der Waals surface area contributed by atoms with Gasteiger partial charge in [0, 0.05) is 5.56 Å². The number of carboxylic acids is 2. The maximum Gasteiger partial charge on any atom is 1.00 e. The van der Waals surface area contributed by atoms with E-state index in [9.17, 15) is 24.6 Å². The van der Waals surface area contributed by atoms with Crippen LogP contribution in [0.25, 0.3) is 0 Å². The van der Waals surface area contributed by atoms with Crippen LogP contribution in [0.2, 0.25) is 0 Å². The number of carbonyl (C=O) groups is 3. The third-order valence-electron chi connectivity index (χ3n) is 2.98. The second-order valence-electron chi connectivity index (χ2n) is 4.49. The smallest absolute Gasteiger partial charge is 0.547 e. The number of hydrogen-bond donors (Lipinski definition) is 1. The van der Waals surface area contributed by atoms with Gasteiger partial charge < -0.3 is 19.8 Å². The number of hydroxylamine groups is 1. The molecule has 2 aromatic rings. The molecule has 1 amide bonds. The van der Waals surface area contributed by atoms with Gasteiger partial charge in [-0.05, 0) is 11.6 Å². The van der Waals surface area contributed by atoms with E-state index in [4.69, 9.17) is 4.84 Å². The fourth-order valence-electron chi connectivity index (χ4n) is 1.91. The van der Waals surface area contributed by atoms with E-state index < -0.39 is 23.9 Å². The Hall–Kier alpha value is -1.19. The second-order valence-corrected chi connectivity index (χ2v) is 4.49. The fraction of sp³-hybridized carbons (Fsp3) is 0.0625. The Bertz CT molecular complexity index is 738. The summed E-state index contributed by atoms with van der Waals surface area (Å²) < 4.78 is 0. The van der Waals surface area contributed by atoms with Crippen LogP contribution in [-0.2, 0) is 9.63 Å². The quantitative estimate of drug-likeness (QED) is 0.405. The number of carbonyl (C=O) groups excluding carboxylic acids is 3. The first-order valence-corrected chi connectivity index (χ1v) is 6.53. The SMILES string of the molecule is O=C([O-])c1ccccc1C(=O)NOC(C(=O)[O-])c1ccccc1.[Na+].[Na+]. The van der Waals surface area contributed by atoms with Crippen LogP contribution in [0.15, 0.2) is 54.6 Å². The summed E-state index contributed by atoms with van der Waals surface area (Å²) in [6.07, 6.45) is -1.53. The van der Waals surface area contributed by atoms with Gasteiger partial charge >= 0.3 is 59.1 Å². The van der Waals surface area contributed by atoms with Gasteiger partial charge in [-0.1, -0.05) is 48.5 Å². The van der Waals surface area contributed by atoms with Crippen molar-refractivity contribution < 1.29 is 88.5 Å². The molecule has 25 heavy (non-hydrogen) atoms. The summed E-state index contributed by atoms with van der Waals surface area (Å²) >= 11 is 0. The molecule has 2 aromatic carbocycles. The maximum atomic E-state index is 12.0. The third-order valence-corrected chi connectivity index (χ3v) is 2.98.